The maximum absolute atomic E-state index is 13.2. The zero-order chi connectivity index (χ0) is 17.9. The molecule has 0 spiro atoms. The number of rotatable bonds is 5. The molecule has 0 N–H and O–H groups in total. The lowest BCUT2D eigenvalue weighted by Crippen LogP contribution is -2.30. The van der Waals surface area contributed by atoms with Gasteiger partial charge in [-0.1, -0.05) is 52.3 Å². The van der Waals surface area contributed by atoms with Gasteiger partial charge in [0.25, 0.3) is 10.0 Å². The van der Waals surface area contributed by atoms with Crippen molar-refractivity contribution in [2.45, 2.75) is 11.4 Å². The Hall–Kier alpha value is -2.18. The van der Waals surface area contributed by atoms with Gasteiger partial charge in [0.2, 0.25) is 0 Å². The molecular formula is C19H15BrFNO2S. The summed E-state index contributed by atoms with van der Waals surface area (Å²) in [6, 6.07) is 21.1. The largest absolute Gasteiger partial charge is 0.264 e. The van der Waals surface area contributed by atoms with E-state index in [2.05, 4.69) is 15.9 Å². The average molecular weight is 420 g/mol. The van der Waals surface area contributed by atoms with Gasteiger partial charge in [0.15, 0.2) is 0 Å². The number of benzene rings is 3. The van der Waals surface area contributed by atoms with Crippen molar-refractivity contribution in [2.75, 3.05) is 4.31 Å². The van der Waals surface area contributed by atoms with Crippen molar-refractivity contribution in [3.8, 4) is 0 Å². The standard InChI is InChI=1S/C19H15BrFNO2S/c20-16-5-4-6-18(13-16)22(14-15-9-11-17(21)12-10-15)25(23,24)19-7-2-1-3-8-19/h1-13H,14H2. The van der Waals surface area contributed by atoms with Crippen molar-refractivity contribution in [3.63, 3.8) is 0 Å². The van der Waals surface area contributed by atoms with Crippen molar-refractivity contribution < 1.29 is 12.8 Å². The van der Waals surface area contributed by atoms with Gasteiger partial charge >= 0.3 is 0 Å². The second-order valence-electron chi connectivity index (χ2n) is 5.43. The van der Waals surface area contributed by atoms with Gasteiger partial charge in [-0.25, -0.2) is 12.8 Å². The molecule has 0 aliphatic rings. The van der Waals surface area contributed by atoms with Gasteiger partial charge in [0.1, 0.15) is 5.82 Å². The molecule has 3 nitrogen and oxygen atoms in total. The van der Waals surface area contributed by atoms with E-state index in [9.17, 15) is 12.8 Å². The fraction of sp³-hybridized carbons (Fsp3) is 0.0526. The Kier molecular flexibility index (Phi) is 5.20. The normalized spacial score (nSPS) is 11.3. The average Bonchev–Trinajstić information content (AvgIpc) is 2.62. The van der Waals surface area contributed by atoms with Crippen molar-refractivity contribution in [1.82, 2.24) is 0 Å². The molecule has 25 heavy (non-hydrogen) atoms. The Bertz CT molecular complexity index is 960. The molecule has 0 saturated carbocycles. The summed E-state index contributed by atoms with van der Waals surface area (Å²) in [5, 5.41) is 0. The lowest BCUT2D eigenvalue weighted by atomic mass is 10.2. The van der Waals surface area contributed by atoms with Crippen LogP contribution < -0.4 is 4.31 Å². The van der Waals surface area contributed by atoms with Crippen LogP contribution in [0, 0.1) is 5.82 Å². The first-order valence-corrected chi connectivity index (χ1v) is 9.78. The van der Waals surface area contributed by atoms with E-state index < -0.39 is 10.0 Å². The molecule has 0 fully saturated rings. The molecule has 6 heteroatoms. The number of anilines is 1. The second kappa shape index (κ2) is 7.37. The van der Waals surface area contributed by atoms with Gasteiger partial charge in [0.05, 0.1) is 17.1 Å². The minimum atomic E-state index is -3.76. The molecule has 0 saturated heterocycles. The van der Waals surface area contributed by atoms with Crippen molar-refractivity contribution >= 4 is 31.6 Å². The van der Waals surface area contributed by atoms with Gasteiger partial charge < -0.3 is 0 Å². The van der Waals surface area contributed by atoms with Crippen LogP contribution >= 0.6 is 15.9 Å². The summed E-state index contributed by atoms with van der Waals surface area (Å²) in [5.74, 6) is -0.358. The van der Waals surface area contributed by atoms with Crippen LogP contribution in [0.5, 0.6) is 0 Å². The van der Waals surface area contributed by atoms with E-state index in [0.29, 0.717) is 11.3 Å². The van der Waals surface area contributed by atoms with Crippen LogP contribution in [0.1, 0.15) is 5.56 Å². The van der Waals surface area contributed by atoms with Crippen LogP contribution in [-0.2, 0) is 16.6 Å². The Morgan fingerprint density at radius 1 is 0.880 bits per heavy atom. The Labute approximate surface area is 154 Å². The van der Waals surface area contributed by atoms with E-state index in [4.69, 9.17) is 0 Å². The van der Waals surface area contributed by atoms with Crippen molar-refractivity contribution in [2.24, 2.45) is 0 Å². The number of hydrogen-bond acceptors (Lipinski definition) is 2. The van der Waals surface area contributed by atoms with Crippen LogP contribution in [0.4, 0.5) is 10.1 Å². The van der Waals surface area contributed by atoms with Gasteiger partial charge in [-0.15, -0.1) is 0 Å². The van der Waals surface area contributed by atoms with Crippen LogP contribution in [0.15, 0.2) is 88.2 Å². The summed E-state index contributed by atoms with van der Waals surface area (Å²) in [6.07, 6.45) is 0. The lowest BCUT2D eigenvalue weighted by Gasteiger charge is -2.25. The third kappa shape index (κ3) is 4.08. The van der Waals surface area contributed by atoms with E-state index in [1.54, 1.807) is 60.7 Å². The minimum absolute atomic E-state index is 0.105. The summed E-state index contributed by atoms with van der Waals surface area (Å²) < 4.78 is 41.6. The molecule has 3 aromatic carbocycles. The van der Waals surface area contributed by atoms with E-state index in [-0.39, 0.29) is 17.3 Å². The molecule has 3 rings (SSSR count). The van der Waals surface area contributed by atoms with E-state index >= 15 is 0 Å². The van der Waals surface area contributed by atoms with Crippen molar-refractivity contribution in [3.05, 3.63) is 94.7 Å². The van der Waals surface area contributed by atoms with Crippen LogP contribution in [0.25, 0.3) is 0 Å². The van der Waals surface area contributed by atoms with E-state index in [1.165, 1.54) is 16.4 Å². The number of nitrogens with zero attached hydrogens (tertiary/aromatic N) is 1. The van der Waals surface area contributed by atoms with Crippen molar-refractivity contribution in [1.29, 1.82) is 0 Å². The van der Waals surface area contributed by atoms with Crippen LogP contribution in [0.2, 0.25) is 0 Å². The van der Waals surface area contributed by atoms with Gasteiger partial charge in [-0.05, 0) is 48.0 Å². The number of sulfonamides is 1. The second-order valence-corrected chi connectivity index (χ2v) is 8.21. The maximum Gasteiger partial charge on any atom is 0.264 e. The molecule has 0 amide bonds. The molecule has 0 heterocycles. The van der Waals surface area contributed by atoms with Crippen LogP contribution in [0.3, 0.4) is 0 Å². The smallest absolute Gasteiger partial charge is 0.262 e. The summed E-state index contributed by atoms with van der Waals surface area (Å²) in [7, 11) is -3.76. The van der Waals surface area contributed by atoms with Gasteiger partial charge in [0, 0.05) is 4.47 Å². The van der Waals surface area contributed by atoms with Gasteiger partial charge in [-0.2, -0.15) is 0 Å². The highest BCUT2D eigenvalue weighted by molar-refractivity contribution is 9.10. The molecule has 0 bridgehead atoms. The van der Waals surface area contributed by atoms with Gasteiger partial charge in [-0.3, -0.25) is 4.31 Å². The summed E-state index contributed by atoms with van der Waals surface area (Å²) in [4.78, 5) is 0.206. The Morgan fingerprint density at radius 2 is 1.56 bits per heavy atom. The highest BCUT2D eigenvalue weighted by atomic mass is 79.9. The fourth-order valence-electron chi connectivity index (χ4n) is 2.42. The molecule has 0 atom stereocenters. The highest BCUT2D eigenvalue weighted by Gasteiger charge is 2.25. The maximum atomic E-state index is 13.2. The molecule has 0 aromatic heterocycles. The monoisotopic (exact) mass is 419 g/mol. The molecule has 0 unspecified atom stereocenters. The first-order chi connectivity index (χ1) is 12.0. The molecular weight excluding hydrogens is 405 g/mol. The molecule has 128 valence electrons. The molecule has 3 aromatic rings. The number of hydrogen-bond donors (Lipinski definition) is 0. The summed E-state index contributed by atoms with van der Waals surface area (Å²) >= 11 is 3.38. The zero-order valence-electron chi connectivity index (χ0n) is 13.1. The number of halogens is 2. The SMILES string of the molecule is O=S(=O)(c1ccccc1)N(Cc1ccc(F)cc1)c1cccc(Br)c1. The fourth-order valence-corrected chi connectivity index (χ4v) is 4.27. The highest BCUT2D eigenvalue weighted by Crippen LogP contribution is 2.28. The van der Waals surface area contributed by atoms with E-state index in [1.807, 2.05) is 6.07 Å². The molecule has 0 aliphatic heterocycles. The quantitative estimate of drug-likeness (QED) is 0.584. The summed E-state index contributed by atoms with van der Waals surface area (Å²) in [5.41, 5.74) is 1.23. The van der Waals surface area contributed by atoms with Crippen LogP contribution in [-0.4, -0.2) is 8.42 Å². The topological polar surface area (TPSA) is 37.4 Å². The molecule has 0 aliphatic carbocycles. The first kappa shape index (κ1) is 17.6. The Morgan fingerprint density at radius 3 is 2.20 bits per heavy atom. The molecule has 0 radical (unpaired) electrons. The van der Waals surface area contributed by atoms with E-state index in [0.717, 1.165) is 4.47 Å². The first-order valence-electron chi connectivity index (χ1n) is 7.54. The summed E-state index contributed by atoms with van der Waals surface area (Å²) in [6.45, 7) is 0.105. The predicted molar refractivity (Wildman–Crippen MR) is 100 cm³/mol. The third-order valence-corrected chi connectivity index (χ3v) is 5.95. The zero-order valence-corrected chi connectivity index (χ0v) is 15.5. The lowest BCUT2D eigenvalue weighted by molar-refractivity contribution is 0.590. The Balaban J connectivity index is 2.07. The third-order valence-electron chi connectivity index (χ3n) is 3.67. The minimum Gasteiger partial charge on any atom is -0.262 e. The predicted octanol–water partition coefficient (Wildman–Crippen LogP) is 4.98.